The van der Waals surface area contributed by atoms with Gasteiger partial charge in [-0.05, 0) is 30.3 Å². The quantitative estimate of drug-likeness (QED) is 0.626. The third-order valence-electron chi connectivity index (χ3n) is 5.08. The monoisotopic (exact) mass is 439 g/mol. The van der Waals surface area contributed by atoms with Crippen molar-refractivity contribution in [2.24, 2.45) is 0 Å². The van der Waals surface area contributed by atoms with Crippen LogP contribution in [0.3, 0.4) is 0 Å². The van der Waals surface area contributed by atoms with Gasteiger partial charge in [0.15, 0.2) is 18.1 Å². The molecule has 2 aromatic rings. The van der Waals surface area contributed by atoms with Crippen molar-refractivity contribution in [3.05, 3.63) is 53.1 Å². The first-order valence-electron chi connectivity index (χ1n) is 8.86. The molecule has 8 nitrogen and oxygen atoms in total. The zero-order valence-electron chi connectivity index (χ0n) is 15.0. The summed E-state index contributed by atoms with van der Waals surface area (Å²) in [6.45, 7) is -0.523. The van der Waals surface area contributed by atoms with E-state index in [2.05, 4.69) is 4.72 Å². The van der Waals surface area contributed by atoms with Gasteiger partial charge >= 0.3 is 5.97 Å². The highest BCUT2D eigenvalue weighted by Crippen LogP contribution is 2.51. The van der Waals surface area contributed by atoms with Gasteiger partial charge in [0.05, 0.1) is 17.0 Å². The summed E-state index contributed by atoms with van der Waals surface area (Å²) in [4.78, 5) is 10.8. The zero-order chi connectivity index (χ0) is 20.8. The highest BCUT2D eigenvalue weighted by molar-refractivity contribution is 7.89. The minimum absolute atomic E-state index is 0.0373. The van der Waals surface area contributed by atoms with E-state index >= 15 is 0 Å². The fourth-order valence-electron chi connectivity index (χ4n) is 3.86. The van der Waals surface area contributed by atoms with Crippen LogP contribution in [-0.2, 0) is 14.8 Å². The zero-order valence-corrected chi connectivity index (χ0v) is 16.6. The predicted molar refractivity (Wildman–Crippen MR) is 103 cm³/mol. The molecule has 1 aliphatic heterocycles. The first-order valence-corrected chi connectivity index (χ1v) is 10.7. The Bertz CT molecular complexity index is 1040. The molecule has 4 unspecified atom stereocenters. The molecule has 10 heteroatoms. The molecule has 1 heterocycles. The number of sulfonamides is 1. The van der Waals surface area contributed by atoms with Crippen LogP contribution in [0.5, 0.6) is 11.5 Å². The summed E-state index contributed by atoms with van der Waals surface area (Å²) in [5.74, 6) is -0.903. The molecule has 0 aromatic heterocycles. The van der Waals surface area contributed by atoms with Gasteiger partial charge < -0.3 is 19.7 Å². The number of hydrogen-bond donors (Lipinski definition) is 3. The van der Waals surface area contributed by atoms with Crippen LogP contribution in [0.4, 0.5) is 0 Å². The second-order valence-electron chi connectivity index (χ2n) is 6.94. The van der Waals surface area contributed by atoms with Crippen LogP contribution in [0.25, 0.3) is 0 Å². The van der Waals surface area contributed by atoms with E-state index < -0.39 is 46.8 Å². The number of aliphatic hydroxyl groups excluding tert-OH is 1. The predicted octanol–water partition coefficient (Wildman–Crippen LogP) is 1.76. The molecule has 4 rings (SSSR count). The Morgan fingerprint density at radius 1 is 1.24 bits per heavy atom. The van der Waals surface area contributed by atoms with Crippen LogP contribution in [0.2, 0.25) is 5.02 Å². The first-order chi connectivity index (χ1) is 13.8. The van der Waals surface area contributed by atoms with Gasteiger partial charge in [-0.3, -0.25) is 0 Å². The van der Waals surface area contributed by atoms with Crippen molar-refractivity contribution in [3.8, 4) is 11.5 Å². The number of hydrogen-bond acceptors (Lipinski definition) is 6. The number of para-hydroxylation sites is 1. The summed E-state index contributed by atoms with van der Waals surface area (Å²) in [5.41, 5.74) is 0.665. The van der Waals surface area contributed by atoms with Gasteiger partial charge in [0, 0.05) is 22.9 Å². The molecule has 0 spiro atoms. The third-order valence-corrected chi connectivity index (χ3v) is 6.81. The number of rotatable bonds is 6. The van der Waals surface area contributed by atoms with E-state index in [1.807, 2.05) is 0 Å². The van der Waals surface area contributed by atoms with Gasteiger partial charge in [0.25, 0.3) is 0 Å². The van der Waals surface area contributed by atoms with Crippen molar-refractivity contribution in [2.45, 2.75) is 35.5 Å². The standard InChI is InChI=1S/C19H18ClNO7S/c20-10-4-6-11(7-5-10)29(25,26)21-18-13(22)8-15-17(18)12-2-1-3-14(19(12)28-15)27-9-16(23)24/h1-7,13,15,17-18,21-22H,8-9H2,(H,23,24). The van der Waals surface area contributed by atoms with Crippen molar-refractivity contribution in [1.82, 2.24) is 4.72 Å². The Morgan fingerprint density at radius 3 is 2.66 bits per heavy atom. The largest absolute Gasteiger partial charge is 0.485 e. The maximum Gasteiger partial charge on any atom is 0.341 e. The number of aliphatic hydroxyl groups is 1. The van der Waals surface area contributed by atoms with E-state index in [0.717, 1.165) is 0 Å². The number of carboxylic acids is 1. The Labute approximate surface area is 172 Å². The van der Waals surface area contributed by atoms with Crippen molar-refractivity contribution in [2.75, 3.05) is 6.61 Å². The maximum absolute atomic E-state index is 12.8. The minimum Gasteiger partial charge on any atom is -0.485 e. The van der Waals surface area contributed by atoms with Crippen LogP contribution >= 0.6 is 11.6 Å². The molecule has 0 radical (unpaired) electrons. The second kappa shape index (κ2) is 7.49. The van der Waals surface area contributed by atoms with E-state index in [1.54, 1.807) is 18.2 Å². The molecular formula is C19H18ClNO7S. The van der Waals surface area contributed by atoms with Crippen molar-refractivity contribution >= 4 is 27.6 Å². The van der Waals surface area contributed by atoms with E-state index in [0.29, 0.717) is 16.3 Å². The van der Waals surface area contributed by atoms with Crippen LogP contribution in [0.15, 0.2) is 47.4 Å². The summed E-state index contributed by atoms with van der Waals surface area (Å²) >= 11 is 5.82. The van der Waals surface area contributed by atoms with Gasteiger partial charge in [-0.15, -0.1) is 0 Å². The molecule has 4 atom stereocenters. The van der Waals surface area contributed by atoms with Gasteiger partial charge in [0.1, 0.15) is 6.10 Å². The highest BCUT2D eigenvalue weighted by atomic mass is 35.5. The molecule has 0 amide bonds. The lowest BCUT2D eigenvalue weighted by molar-refractivity contribution is -0.139. The van der Waals surface area contributed by atoms with Crippen LogP contribution in [-0.4, -0.2) is 49.5 Å². The number of aliphatic carboxylic acids is 1. The molecule has 0 bridgehead atoms. The molecule has 0 saturated heterocycles. The van der Waals surface area contributed by atoms with E-state index in [9.17, 15) is 18.3 Å². The minimum atomic E-state index is -3.90. The van der Waals surface area contributed by atoms with E-state index in [4.69, 9.17) is 26.2 Å². The Hall–Kier alpha value is -2.33. The average Bonchev–Trinajstić information content (AvgIpc) is 3.16. The SMILES string of the molecule is O=C(O)COc1cccc2c1OC1CC(O)C(NS(=O)(=O)c3ccc(Cl)cc3)C21. The van der Waals surface area contributed by atoms with Gasteiger partial charge in [-0.2, -0.15) is 0 Å². The highest BCUT2D eigenvalue weighted by Gasteiger charge is 2.51. The van der Waals surface area contributed by atoms with Gasteiger partial charge in [-0.1, -0.05) is 23.7 Å². The lowest BCUT2D eigenvalue weighted by atomic mass is 9.94. The lowest BCUT2D eigenvalue weighted by Crippen LogP contribution is -2.43. The molecule has 154 valence electrons. The summed E-state index contributed by atoms with van der Waals surface area (Å²) in [6.07, 6.45) is -1.16. The number of nitrogens with one attached hydrogen (secondary N) is 1. The summed E-state index contributed by atoms with van der Waals surface area (Å²) < 4.78 is 39.4. The Balaban J connectivity index is 1.62. The second-order valence-corrected chi connectivity index (χ2v) is 9.09. The fraction of sp³-hybridized carbons (Fsp3) is 0.316. The maximum atomic E-state index is 12.8. The van der Waals surface area contributed by atoms with Crippen LogP contribution in [0.1, 0.15) is 17.9 Å². The Kier molecular flexibility index (Phi) is 5.16. The molecule has 1 aliphatic carbocycles. The van der Waals surface area contributed by atoms with Gasteiger partial charge in [0.2, 0.25) is 10.0 Å². The van der Waals surface area contributed by atoms with E-state index in [-0.39, 0.29) is 17.1 Å². The molecular weight excluding hydrogens is 422 g/mol. The number of carbonyl (C=O) groups is 1. The summed E-state index contributed by atoms with van der Waals surface area (Å²) in [5, 5.41) is 19.7. The van der Waals surface area contributed by atoms with Crippen molar-refractivity contribution < 1.29 is 32.9 Å². The van der Waals surface area contributed by atoms with E-state index in [1.165, 1.54) is 24.3 Å². The topological polar surface area (TPSA) is 122 Å². The number of carboxylic acid groups (broad SMARTS) is 1. The third kappa shape index (κ3) is 3.78. The fourth-order valence-corrected chi connectivity index (χ4v) is 5.27. The van der Waals surface area contributed by atoms with Crippen molar-refractivity contribution in [1.29, 1.82) is 0 Å². The number of benzene rings is 2. The number of fused-ring (bicyclic) bond motifs is 3. The lowest BCUT2D eigenvalue weighted by Gasteiger charge is -2.22. The molecule has 1 saturated carbocycles. The smallest absolute Gasteiger partial charge is 0.341 e. The average molecular weight is 440 g/mol. The molecule has 1 fully saturated rings. The normalized spacial score (nSPS) is 25.2. The number of halogens is 1. The first kappa shape index (κ1) is 20.0. The van der Waals surface area contributed by atoms with Crippen LogP contribution < -0.4 is 14.2 Å². The summed E-state index contributed by atoms with van der Waals surface area (Å²) in [6, 6.07) is 9.95. The molecule has 3 N–H and O–H groups in total. The Morgan fingerprint density at radius 2 is 1.97 bits per heavy atom. The summed E-state index contributed by atoms with van der Waals surface area (Å²) in [7, 11) is -3.90. The number of ether oxygens (including phenoxy) is 2. The van der Waals surface area contributed by atoms with Crippen molar-refractivity contribution in [3.63, 3.8) is 0 Å². The van der Waals surface area contributed by atoms with Gasteiger partial charge in [-0.25, -0.2) is 17.9 Å². The molecule has 2 aromatic carbocycles. The van der Waals surface area contributed by atoms with Crippen LogP contribution in [0, 0.1) is 0 Å². The molecule has 29 heavy (non-hydrogen) atoms. The molecule has 2 aliphatic rings.